The summed E-state index contributed by atoms with van der Waals surface area (Å²) in [4.78, 5) is 61.6. The van der Waals surface area contributed by atoms with Gasteiger partial charge in [0, 0.05) is 25.5 Å². The van der Waals surface area contributed by atoms with Crippen molar-refractivity contribution in [2.45, 2.75) is 51.6 Å². The first-order valence-corrected chi connectivity index (χ1v) is 12.0. The average molecular weight is 538 g/mol. The summed E-state index contributed by atoms with van der Waals surface area (Å²) in [5, 5.41) is 13.4. The SMILES string of the molecule is CC#CCC[C@@H]1[C@H](NC(=O)COc2ccccc2)C(=O)N1C(OC(C)=O)C(=O)OCc1ccc([N+](=O)[O-])cc1. The van der Waals surface area contributed by atoms with Gasteiger partial charge in [0.1, 0.15) is 18.4 Å². The molecule has 0 aromatic heterocycles. The number of nitrogens with one attached hydrogen (secondary N) is 1. The van der Waals surface area contributed by atoms with Gasteiger partial charge >= 0.3 is 11.9 Å². The second-order valence-corrected chi connectivity index (χ2v) is 8.42. The van der Waals surface area contributed by atoms with Crippen LogP contribution in [0.4, 0.5) is 5.69 Å². The van der Waals surface area contributed by atoms with Crippen molar-refractivity contribution in [2.24, 2.45) is 0 Å². The molecule has 0 saturated carbocycles. The largest absolute Gasteiger partial charge is 0.484 e. The second-order valence-electron chi connectivity index (χ2n) is 8.42. The molecule has 2 aromatic rings. The van der Waals surface area contributed by atoms with Gasteiger partial charge in [-0.1, -0.05) is 18.2 Å². The zero-order valence-corrected chi connectivity index (χ0v) is 21.3. The molecule has 2 aromatic carbocycles. The molecular formula is C27H27N3O9. The third-order valence-corrected chi connectivity index (χ3v) is 5.69. The second kappa shape index (κ2) is 13.6. The van der Waals surface area contributed by atoms with Crippen molar-refractivity contribution in [3.05, 3.63) is 70.3 Å². The summed E-state index contributed by atoms with van der Waals surface area (Å²) in [7, 11) is 0. The van der Waals surface area contributed by atoms with Crippen molar-refractivity contribution in [3.8, 4) is 17.6 Å². The quantitative estimate of drug-likeness (QED) is 0.141. The highest BCUT2D eigenvalue weighted by molar-refractivity contribution is 5.96. The van der Waals surface area contributed by atoms with Gasteiger partial charge in [-0.15, -0.1) is 11.8 Å². The molecule has 2 amide bonds. The van der Waals surface area contributed by atoms with Crippen LogP contribution in [-0.4, -0.2) is 58.5 Å². The molecule has 1 N–H and O–H groups in total. The molecular weight excluding hydrogens is 510 g/mol. The predicted octanol–water partition coefficient (Wildman–Crippen LogP) is 2.11. The Morgan fingerprint density at radius 3 is 2.44 bits per heavy atom. The van der Waals surface area contributed by atoms with Gasteiger partial charge in [0.2, 0.25) is 0 Å². The molecule has 1 aliphatic rings. The van der Waals surface area contributed by atoms with Crippen LogP contribution in [-0.2, 0) is 35.3 Å². The lowest BCUT2D eigenvalue weighted by Gasteiger charge is -2.49. The Kier molecular flexibility index (Phi) is 9.97. The molecule has 12 heteroatoms. The Balaban J connectivity index is 1.69. The summed E-state index contributed by atoms with van der Waals surface area (Å²) < 4.78 is 15.8. The zero-order valence-electron chi connectivity index (χ0n) is 21.3. The highest BCUT2D eigenvalue weighted by atomic mass is 16.6. The number of nitro benzene ring substituents is 1. The molecule has 0 radical (unpaired) electrons. The van der Waals surface area contributed by atoms with E-state index in [0.29, 0.717) is 17.7 Å². The first kappa shape index (κ1) is 28.6. The van der Waals surface area contributed by atoms with Crippen LogP contribution >= 0.6 is 0 Å². The lowest BCUT2D eigenvalue weighted by Crippen LogP contribution is -2.74. The van der Waals surface area contributed by atoms with E-state index in [1.165, 1.54) is 24.3 Å². The average Bonchev–Trinajstić information content (AvgIpc) is 2.93. The number of β-lactam (4-membered cyclic amide) rings is 1. The predicted molar refractivity (Wildman–Crippen MR) is 136 cm³/mol. The summed E-state index contributed by atoms with van der Waals surface area (Å²) in [6.07, 6.45) is -1.06. The van der Waals surface area contributed by atoms with Crippen molar-refractivity contribution in [3.63, 3.8) is 0 Å². The molecule has 1 heterocycles. The summed E-state index contributed by atoms with van der Waals surface area (Å²) in [6, 6.07) is 12.3. The fourth-order valence-electron chi connectivity index (χ4n) is 3.86. The molecule has 39 heavy (non-hydrogen) atoms. The van der Waals surface area contributed by atoms with Crippen LogP contribution in [0.25, 0.3) is 0 Å². The number of para-hydroxylation sites is 1. The van der Waals surface area contributed by atoms with Crippen LogP contribution < -0.4 is 10.1 Å². The Labute approximate surface area is 224 Å². The zero-order chi connectivity index (χ0) is 28.4. The molecule has 1 aliphatic heterocycles. The maximum Gasteiger partial charge on any atom is 0.369 e. The third kappa shape index (κ3) is 7.78. The smallest absolute Gasteiger partial charge is 0.369 e. The van der Waals surface area contributed by atoms with Gasteiger partial charge in [-0.25, -0.2) is 4.79 Å². The fraction of sp³-hybridized carbons (Fsp3) is 0.333. The maximum absolute atomic E-state index is 13.1. The van der Waals surface area contributed by atoms with Crippen molar-refractivity contribution in [1.82, 2.24) is 10.2 Å². The number of likely N-dealkylation sites (tertiary alicyclic amines) is 1. The Bertz CT molecular complexity index is 1270. The first-order chi connectivity index (χ1) is 18.7. The fourth-order valence-corrected chi connectivity index (χ4v) is 3.86. The van der Waals surface area contributed by atoms with Gasteiger partial charge in [-0.3, -0.25) is 29.4 Å². The standard InChI is InChI=1S/C27H27N3O9/c1-3-4-6-11-22-24(28-23(32)17-37-21-9-7-5-8-10-21)25(33)29(22)26(39-18(2)31)27(34)38-16-19-12-14-20(15-13-19)30(35)36/h5,7-10,12-15,22,24,26H,6,11,16-17H2,1-2H3,(H,28,32)/t22-,24+,26?/m1/s1. The number of carbonyl (C=O) groups is 4. The normalized spacial score (nSPS) is 16.6. The number of hydrogen-bond donors (Lipinski definition) is 1. The van der Waals surface area contributed by atoms with Crippen LogP contribution in [0, 0.1) is 22.0 Å². The third-order valence-electron chi connectivity index (χ3n) is 5.69. The lowest BCUT2D eigenvalue weighted by molar-refractivity contribution is -0.384. The van der Waals surface area contributed by atoms with E-state index >= 15 is 0 Å². The molecule has 1 saturated heterocycles. The summed E-state index contributed by atoms with van der Waals surface area (Å²) in [6.45, 7) is 2.12. The van der Waals surface area contributed by atoms with E-state index in [4.69, 9.17) is 14.2 Å². The van der Waals surface area contributed by atoms with E-state index in [-0.39, 0.29) is 25.3 Å². The molecule has 204 valence electrons. The number of nitro groups is 1. The number of hydrogen-bond acceptors (Lipinski definition) is 9. The van der Waals surface area contributed by atoms with Gasteiger partial charge < -0.3 is 19.5 Å². The van der Waals surface area contributed by atoms with Gasteiger partial charge in [0.25, 0.3) is 23.7 Å². The highest BCUT2D eigenvalue weighted by Gasteiger charge is 2.54. The molecule has 0 spiro atoms. The minimum atomic E-state index is -1.69. The monoisotopic (exact) mass is 537 g/mol. The maximum atomic E-state index is 13.1. The number of carbonyl (C=O) groups excluding carboxylic acids is 4. The Morgan fingerprint density at radius 1 is 1.13 bits per heavy atom. The van der Waals surface area contributed by atoms with E-state index in [2.05, 4.69) is 17.2 Å². The van der Waals surface area contributed by atoms with Crippen molar-refractivity contribution in [2.75, 3.05) is 6.61 Å². The van der Waals surface area contributed by atoms with Crippen LogP contribution in [0.15, 0.2) is 54.6 Å². The van der Waals surface area contributed by atoms with E-state index in [0.717, 1.165) is 11.8 Å². The molecule has 3 rings (SSSR count). The number of nitrogens with zero attached hydrogens (tertiary/aromatic N) is 2. The van der Waals surface area contributed by atoms with Gasteiger partial charge in [-0.05, 0) is 43.2 Å². The molecule has 3 atom stereocenters. The van der Waals surface area contributed by atoms with E-state index < -0.39 is 47.0 Å². The number of esters is 2. The molecule has 0 aliphatic carbocycles. The van der Waals surface area contributed by atoms with Gasteiger partial charge in [0.05, 0.1) is 11.0 Å². The van der Waals surface area contributed by atoms with E-state index in [1.54, 1.807) is 37.3 Å². The number of rotatable bonds is 12. The van der Waals surface area contributed by atoms with Gasteiger partial charge in [-0.2, -0.15) is 0 Å². The van der Waals surface area contributed by atoms with Crippen LogP contribution in [0.3, 0.4) is 0 Å². The highest BCUT2D eigenvalue weighted by Crippen LogP contribution is 2.29. The lowest BCUT2D eigenvalue weighted by atomic mass is 9.90. The summed E-state index contributed by atoms with van der Waals surface area (Å²) in [5.74, 6) is 3.07. The summed E-state index contributed by atoms with van der Waals surface area (Å²) in [5.41, 5.74) is 0.318. The van der Waals surface area contributed by atoms with Crippen LogP contribution in [0.2, 0.25) is 0 Å². The first-order valence-electron chi connectivity index (χ1n) is 12.0. The number of ether oxygens (including phenoxy) is 3. The Hall–Kier alpha value is -4.92. The molecule has 1 fully saturated rings. The topological polar surface area (TPSA) is 154 Å². The number of amides is 2. The Morgan fingerprint density at radius 2 is 1.82 bits per heavy atom. The minimum absolute atomic E-state index is 0.130. The molecule has 1 unspecified atom stereocenters. The van der Waals surface area contributed by atoms with E-state index in [1.807, 2.05) is 0 Å². The number of benzene rings is 2. The molecule has 0 bridgehead atoms. The summed E-state index contributed by atoms with van der Waals surface area (Å²) >= 11 is 0. The van der Waals surface area contributed by atoms with E-state index in [9.17, 15) is 29.3 Å². The van der Waals surface area contributed by atoms with Gasteiger partial charge in [0.15, 0.2) is 6.61 Å². The minimum Gasteiger partial charge on any atom is -0.484 e. The van der Waals surface area contributed by atoms with Crippen molar-refractivity contribution < 1.29 is 38.3 Å². The number of non-ortho nitro benzene ring substituents is 1. The van der Waals surface area contributed by atoms with Crippen molar-refractivity contribution in [1.29, 1.82) is 0 Å². The van der Waals surface area contributed by atoms with Crippen molar-refractivity contribution >= 4 is 29.4 Å². The van der Waals surface area contributed by atoms with Crippen LogP contribution in [0.5, 0.6) is 5.75 Å². The molecule has 12 nitrogen and oxygen atoms in total. The van der Waals surface area contributed by atoms with Crippen LogP contribution in [0.1, 0.15) is 32.3 Å².